The van der Waals surface area contributed by atoms with Crippen LogP contribution in [0.5, 0.6) is 0 Å². The van der Waals surface area contributed by atoms with Gasteiger partial charge >= 0.3 is 6.18 Å². The number of aryl methyl sites for hydroxylation is 2. The third-order valence-corrected chi connectivity index (χ3v) is 7.60. The van der Waals surface area contributed by atoms with Crippen molar-refractivity contribution in [3.8, 4) is 11.1 Å². The molecule has 1 saturated heterocycles. The first-order chi connectivity index (χ1) is 18.1. The van der Waals surface area contributed by atoms with Gasteiger partial charge in [0.05, 0.1) is 18.3 Å². The van der Waals surface area contributed by atoms with Crippen LogP contribution in [0.15, 0.2) is 35.8 Å². The number of hydrogen-bond donors (Lipinski definition) is 2. The van der Waals surface area contributed by atoms with Crippen molar-refractivity contribution < 1.29 is 22.7 Å². The molecule has 38 heavy (non-hydrogen) atoms. The van der Waals surface area contributed by atoms with E-state index in [1.165, 1.54) is 23.9 Å². The van der Waals surface area contributed by atoms with Crippen LogP contribution in [0, 0.1) is 5.41 Å². The Hall–Kier alpha value is -3.34. The van der Waals surface area contributed by atoms with Gasteiger partial charge in [-0.15, -0.1) is 0 Å². The third kappa shape index (κ3) is 5.29. The summed E-state index contributed by atoms with van der Waals surface area (Å²) >= 11 is 0. The number of nitrogens with one attached hydrogen (secondary N) is 2. The van der Waals surface area contributed by atoms with Crippen molar-refractivity contribution in [2.24, 2.45) is 7.05 Å². The van der Waals surface area contributed by atoms with Gasteiger partial charge in [0.1, 0.15) is 5.84 Å². The van der Waals surface area contributed by atoms with Crippen molar-refractivity contribution in [3.63, 3.8) is 0 Å². The molecule has 1 aromatic carbocycles. The zero-order valence-electron chi connectivity index (χ0n) is 21.7. The van der Waals surface area contributed by atoms with Crippen LogP contribution in [0.25, 0.3) is 11.1 Å². The number of carbonyl (C=O) groups is 1. The Balaban J connectivity index is 1.54. The first-order valence-corrected chi connectivity index (χ1v) is 13.0. The molecule has 8 nitrogen and oxygen atoms in total. The lowest BCUT2D eigenvalue weighted by Gasteiger charge is -2.38. The van der Waals surface area contributed by atoms with Crippen molar-refractivity contribution in [1.29, 1.82) is 5.41 Å². The van der Waals surface area contributed by atoms with E-state index in [1.807, 2.05) is 0 Å². The summed E-state index contributed by atoms with van der Waals surface area (Å²) in [6, 6.07) is 2.99. The van der Waals surface area contributed by atoms with Crippen molar-refractivity contribution in [3.05, 3.63) is 46.9 Å². The van der Waals surface area contributed by atoms with Crippen molar-refractivity contribution in [1.82, 2.24) is 20.0 Å². The number of ether oxygens (including phenoxy) is 1. The first-order valence-electron chi connectivity index (χ1n) is 13.0. The van der Waals surface area contributed by atoms with Crippen LogP contribution in [-0.4, -0.2) is 65.3 Å². The maximum Gasteiger partial charge on any atom is 0.417 e. The van der Waals surface area contributed by atoms with Gasteiger partial charge in [-0.2, -0.15) is 18.3 Å². The lowest BCUT2D eigenvalue weighted by atomic mass is 9.92. The summed E-state index contributed by atoms with van der Waals surface area (Å²) in [5.41, 5.74) is 2.49. The van der Waals surface area contributed by atoms with E-state index in [0.717, 1.165) is 24.1 Å². The van der Waals surface area contributed by atoms with Crippen molar-refractivity contribution in [2.75, 3.05) is 37.7 Å². The summed E-state index contributed by atoms with van der Waals surface area (Å²) in [6.45, 7) is 4.06. The quantitative estimate of drug-likeness (QED) is 0.459. The van der Waals surface area contributed by atoms with Crippen LogP contribution in [0.1, 0.15) is 43.7 Å². The van der Waals surface area contributed by atoms with E-state index in [4.69, 9.17) is 4.74 Å². The number of fused-ring (bicyclic) bond motifs is 1. The minimum Gasteiger partial charge on any atom is -0.385 e. The van der Waals surface area contributed by atoms with Crippen LogP contribution in [0.4, 0.5) is 18.9 Å². The second kappa shape index (κ2) is 10.4. The number of halogens is 3. The fourth-order valence-electron chi connectivity index (χ4n) is 5.56. The summed E-state index contributed by atoms with van der Waals surface area (Å²) in [7, 11) is 1.67. The molecule has 2 N–H and O–H groups in total. The molecule has 4 heterocycles. The van der Waals surface area contributed by atoms with Gasteiger partial charge in [-0.25, -0.2) is 0 Å². The maximum absolute atomic E-state index is 14.3. The highest BCUT2D eigenvalue weighted by molar-refractivity contribution is 6.09. The monoisotopic (exact) mass is 530 g/mol. The second-order valence-electron chi connectivity index (χ2n) is 10.2. The number of hydrogen-bond acceptors (Lipinski definition) is 5. The van der Waals surface area contributed by atoms with Gasteiger partial charge in [0.25, 0.3) is 0 Å². The van der Waals surface area contributed by atoms with Crippen LogP contribution in [-0.2, 0) is 29.2 Å². The topological polar surface area (TPSA) is 86.5 Å². The van der Waals surface area contributed by atoms with Gasteiger partial charge in [0, 0.05) is 81.5 Å². The minimum absolute atomic E-state index is 0.0834. The number of aromatic nitrogens is 2. The summed E-state index contributed by atoms with van der Waals surface area (Å²) in [4.78, 5) is 15.6. The van der Waals surface area contributed by atoms with E-state index in [-0.39, 0.29) is 29.9 Å². The smallest absolute Gasteiger partial charge is 0.385 e. The number of benzene rings is 1. The molecule has 0 aliphatic carbocycles. The maximum atomic E-state index is 14.3. The number of alkyl halides is 3. The molecule has 204 valence electrons. The predicted molar refractivity (Wildman–Crippen MR) is 138 cm³/mol. The molecular formula is C27H33F3N6O2. The SMILES string of the molecule is CC(=O)N1CCC(NC2CCOCC2)=C(C(=N)N2CCCc3cc(-c4cnn(C)c4)c(C(F)(F)F)cc32)C1. The second-order valence-corrected chi connectivity index (χ2v) is 10.2. The van der Waals surface area contributed by atoms with E-state index < -0.39 is 11.7 Å². The average molecular weight is 531 g/mol. The highest BCUT2D eigenvalue weighted by Crippen LogP contribution is 2.42. The standard InChI is InChI=1S/C27H33F3N6O2/c1-17(37)35-9-5-24(33-20-6-10-38-11-7-20)22(16-35)26(31)36-8-3-4-18-12-21(19-14-32-34(2)15-19)23(13-25(18)36)27(28,29)30/h12-15,20,31,33H,3-11,16H2,1-2H3. The molecule has 0 unspecified atom stereocenters. The molecule has 1 aromatic heterocycles. The number of amidine groups is 1. The molecule has 0 saturated carbocycles. The summed E-state index contributed by atoms with van der Waals surface area (Å²) in [5.74, 6) is 0.0636. The normalized spacial score (nSPS) is 19.0. The molecule has 1 amide bonds. The Morgan fingerprint density at radius 2 is 1.95 bits per heavy atom. The zero-order chi connectivity index (χ0) is 27.0. The molecule has 1 fully saturated rings. The van der Waals surface area contributed by atoms with Gasteiger partial charge in [0.15, 0.2) is 0 Å². The van der Waals surface area contributed by atoms with E-state index in [0.29, 0.717) is 62.4 Å². The molecular weight excluding hydrogens is 497 g/mol. The molecule has 0 spiro atoms. The molecule has 0 atom stereocenters. The molecule has 5 rings (SSSR count). The lowest BCUT2D eigenvalue weighted by Crippen LogP contribution is -2.46. The Bertz CT molecular complexity index is 1260. The van der Waals surface area contributed by atoms with Gasteiger partial charge < -0.3 is 19.9 Å². The number of nitrogens with zero attached hydrogens (tertiary/aromatic N) is 4. The molecule has 0 radical (unpaired) electrons. The van der Waals surface area contributed by atoms with Crippen LogP contribution < -0.4 is 10.2 Å². The summed E-state index contributed by atoms with van der Waals surface area (Å²) in [5, 5.41) is 16.9. The van der Waals surface area contributed by atoms with Crippen LogP contribution in [0.2, 0.25) is 0 Å². The molecule has 11 heteroatoms. The number of rotatable bonds is 4. The Morgan fingerprint density at radius 1 is 1.18 bits per heavy atom. The number of amides is 1. The fourth-order valence-corrected chi connectivity index (χ4v) is 5.56. The zero-order valence-corrected chi connectivity index (χ0v) is 21.7. The Morgan fingerprint density at radius 3 is 2.61 bits per heavy atom. The van der Waals surface area contributed by atoms with Crippen LogP contribution >= 0.6 is 0 Å². The number of anilines is 1. The third-order valence-electron chi connectivity index (χ3n) is 7.60. The Kier molecular flexibility index (Phi) is 7.21. The highest BCUT2D eigenvalue weighted by atomic mass is 19.4. The molecule has 0 bridgehead atoms. The minimum atomic E-state index is -4.57. The van der Waals surface area contributed by atoms with Crippen molar-refractivity contribution >= 4 is 17.4 Å². The van der Waals surface area contributed by atoms with E-state index in [1.54, 1.807) is 29.1 Å². The van der Waals surface area contributed by atoms with E-state index in [2.05, 4.69) is 10.4 Å². The van der Waals surface area contributed by atoms with Crippen LogP contribution in [0.3, 0.4) is 0 Å². The molecule has 3 aliphatic rings. The van der Waals surface area contributed by atoms with Gasteiger partial charge in [-0.1, -0.05) is 0 Å². The highest BCUT2D eigenvalue weighted by Gasteiger charge is 2.37. The first kappa shape index (κ1) is 26.3. The summed E-state index contributed by atoms with van der Waals surface area (Å²) in [6.07, 6.45) is 2.04. The van der Waals surface area contributed by atoms with Crippen molar-refractivity contribution in [2.45, 2.75) is 51.2 Å². The van der Waals surface area contributed by atoms with Gasteiger partial charge in [-0.05, 0) is 48.9 Å². The summed E-state index contributed by atoms with van der Waals surface area (Å²) < 4.78 is 49.8. The lowest BCUT2D eigenvalue weighted by molar-refractivity contribution is -0.137. The largest absolute Gasteiger partial charge is 0.417 e. The van der Waals surface area contributed by atoms with E-state index in [9.17, 15) is 23.4 Å². The predicted octanol–water partition coefficient (Wildman–Crippen LogP) is 4.11. The number of carbonyl (C=O) groups excluding carboxylic acids is 1. The molecule has 2 aromatic rings. The van der Waals surface area contributed by atoms with Gasteiger partial charge in [0.2, 0.25) is 5.91 Å². The van der Waals surface area contributed by atoms with E-state index >= 15 is 0 Å². The van der Waals surface area contributed by atoms with Gasteiger partial charge in [-0.3, -0.25) is 14.9 Å². The fraction of sp³-hybridized carbons (Fsp3) is 0.519. The average Bonchev–Trinajstić information content (AvgIpc) is 3.33. The Labute approximate surface area is 219 Å². The molecule has 3 aliphatic heterocycles.